The number of carbonyl (C=O) groups is 2. The number of amides is 2. The Bertz CT molecular complexity index is 373. The van der Waals surface area contributed by atoms with E-state index in [9.17, 15) is 9.59 Å². The Morgan fingerprint density at radius 1 is 0.840 bits per heavy atom. The van der Waals surface area contributed by atoms with Crippen LogP contribution < -0.4 is 5.32 Å². The monoisotopic (exact) mass is 362 g/mol. The molecule has 0 heterocycles. The molecule has 0 atom stereocenters. The molecule has 2 amide bonds. The van der Waals surface area contributed by atoms with Crippen LogP contribution in [0.5, 0.6) is 0 Å². The second-order valence-electron chi connectivity index (χ2n) is 7.54. The van der Waals surface area contributed by atoms with Crippen LogP contribution in [0.1, 0.15) is 54.4 Å². The van der Waals surface area contributed by atoms with Crippen LogP contribution in [0.15, 0.2) is 0 Å². The minimum absolute atomic E-state index is 0.176. The third-order valence-corrected chi connectivity index (χ3v) is 2.54. The highest BCUT2D eigenvalue weighted by Crippen LogP contribution is 2.14. The molecule has 8 heteroatoms. The predicted molar refractivity (Wildman–Crippen MR) is 94.2 cm³/mol. The molecule has 0 aromatic heterocycles. The molecule has 148 valence electrons. The van der Waals surface area contributed by atoms with Gasteiger partial charge >= 0.3 is 12.2 Å². The van der Waals surface area contributed by atoms with Gasteiger partial charge in [0.15, 0.2) is 0 Å². The van der Waals surface area contributed by atoms with Crippen molar-refractivity contribution in [2.24, 2.45) is 0 Å². The van der Waals surface area contributed by atoms with Crippen LogP contribution in [0.3, 0.4) is 0 Å². The van der Waals surface area contributed by atoms with Gasteiger partial charge in [0.25, 0.3) is 0 Å². The zero-order valence-corrected chi connectivity index (χ0v) is 16.6. The first kappa shape index (κ1) is 23.6. The molecule has 25 heavy (non-hydrogen) atoms. The van der Waals surface area contributed by atoms with Gasteiger partial charge in [-0.15, -0.1) is 0 Å². The maximum atomic E-state index is 12.2. The molecule has 8 nitrogen and oxygen atoms in total. The zero-order chi connectivity index (χ0) is 19.5. The molecule has 0 bridgehead atoms. The van der Waals surface area contributed by atoms with Gasteiger partial charge in [-0.25, -0.2) is 9.59 Å². The average Bonchev–Trinajstić information content (AvgIpc) is 2.41. The molecule has 0 aliphatic rings. The Kier molecular flexibility index (Phi) is 10.7. The minimum Gasteiger partial charge on any atom is -0.442 e. The summed E-state index contributed by atoms with van der Waals surface area (Å²) in [4.78, 5) is 29.7. The topological polar surface area (TPSA) is 86.3 Å². The van der Waals surface area contributed by atoms with Crippen molar-refractivity contribution in [1.82, 2.24) is 10.4 Å². The minimum atomic E-state index is -0.894. The van der Waals surface area contributed by atoms with E-state index in [4.69, 9.17) is 19.0 Å². The first-order valence-electron chi connectivity index (χ1n) is 8.55. The number of hydrogen-bond acceptors (Lipinski definition) is 7. The lowest BCUT2D eigenvalue weighted by molar-refractivity contribution is -0.138. The van der Waals surface area contributed by atoms with Crippen molar-refractivity contribution >= 4 is 12.2 Å². The highest BCUT2D eigenvalue weighted by Gasteiger charge is 2.32. The fraction of sp³-hybridized carbons (Fsp3) is 0.882. The maximum Gasteiger partial charge on any atom is 0.444 e. The Morgan fingerprint density at radius 3 is 1.68 bits per heavy atom. The van der Waals surface area contributed by atoms with Gasteiger partial charge in [-0.3, -0.25) is 4.84 Å². The largest absolute Gasteiger partial charge is 0.444 e. The number of rotatable bonds is 9. The molecule has 0 unspecified atom stereocenters. The van der Waals surface area contributed by atoms with Crippen molar-refractivity contribution in [2.75, 3.05) is 33.4 Å². The van der Waals surface area contributed by atoms with Crippen LogP contribution in [0, 0.1) is 0 Å². The van der Waals surface area contributed by atoms with Crippen LogP contribution in [-0.2, 0) is 19.0 Å². The van der Waals surface area contributed by atoms with E-state index < -0.39 is 23.4 Å². The van der Waals surface area contributed by atoms with Crippen LogP contribution >= 0.6 is 0 Å². The van der Waals surface area contributed by atoms with E-state index in [0.29, 0.717) is 24.6 Å². The van der Waals surface area contributed by atoms with Crippen molar-refractivity contribution < 1.29 is 28.6 Å². The molecule has 0 radical (unpaired) electrons. The summed E-state index contributed by atoms with van der Waals surface area (Å²) in [6.07, 6.45) is -0.251. The quantitative estimate of drug-likeness (QED) is 0.498. The van der Waals surface area contributed by atoms with Crippen molar-refractivity contribution in [2.45, 2.75) is 65.6 Å². The van der Waals surface area contributed by atoms with E-state index in [1.807, 2.05) is 0 Å². The Labute approximate surface area is 151 Å². The van der Waals surface area contributed by atoms with Crippen LogP contribution in [0.2, 0.25) is 0 Å². The molecule has 1 N–H and O–H groups in total. The number of hydrogen-bond donors (Lipinski definition) is 1. The lowest BCUT2D eigenvalue weighted by Gasteiger charge is -2.27. The number of imide groups is 1. The van der Waals surface area contributed by atoms with Gasteiger partial charge in [0.1, 0.15) is 11.2 Å². The molecule has 0 aliphatic carbocycles. The van der Waals surface area contributed by atoms with Gasteiger partial charge in [0, 0.05) is 13.7 Å². The molecule has 0 aromatic carbocycles. The zero-order valence-electron chi connectivity index (χ0n) is 16.6. The highest BCUT2D eigenvalue weighted by atomic mass is 16.8. The fourth-order valence-corrected chi connectivity index (χ4v) is 1.61. The number of ether oxygens (including phenoxy) is 3. The summed E-state index contributed by atoms with van der Waals surface area (Å²) in [6, 6.07) is 0. The predicted octanol–water partition coefficient (Wildman–Crippen LogP) is 3.11. The van der Waals surface area contributed by atoms with Gasteiger partial charge in [-0.2, -0.15) is 0 Å². The third kappa shape index (κ3) is 13.6. The summed E-state index contributed by atoms with van der Waals surface area (Å²) >= 11 is 0. The number of hydroxylamine groups is 2. The molecular formula is C17H34N2O6. The third-order valence-electron chi connectivity index (χ3n) is 2.54. The normalized spacial score (nSPS) is 12.0. The molecule has 0 spiro atoms. The fourth-order valence-electron chi connectivity index (χ4n) is 1.61. The molecular weight excluding hydrogens is 328 g/mol. The summed E-state index contributed by atoms with van der Waals surface area (Å²) < 4.78 is 15.3. The first-order valence-corrected chi connectivity index (χ1v) is 8.55. The molecule has 0 aliphatic heterocycles. The van der Waals surface area contributed by atoms with Gasteiger partial charge in [-0.1, -0.05) is 5.06 Å². The van der Waals surface area contributed by atoms with Gasteiger partial charge in [0.2, 0.25) is 0 Å². The molecule has 0 saturated carbocycles. The number of nitrogens with one attached hydrogen (secondary N) is 1. The Morgan fingerprint density at radius 2 is 1.28 bits per heavy atom. The maximum absolute atomic E-state index is 12.2. The SMILES string of the molecule is COCCCNCCCON(C(=O)OC(C)(C)C)C(=O)OC(C)(C)C. The van der Waals surface area contributed by atoms with Gasteiger partial charge < -0.3 is 19.5 Å². The highest BCUT2D eigenvalue weighted by molar-refractivity contribution is 5.86. The van der Waals surface area contributed by atoms with Gasteiger partial charge in [0.05, 0.1) is 6.61 Å². The van der Waals surface area contributed by atoms with E-state index in [1.54, 1.807) is 48.7 Å². The summed E-state index contributed by atoms with van der Waals surface area (Å²) in [5, 5.41) is 3.76. The summed E-state index contributed by atoms with van der Waals surface area (Å²) in [5.41, 5.74) is -1.49. The van der Waals surface area contributed by atoms with E-state index in [-0.39, 0.29) is 6.61 Å². The molecule has 0 rings (SSSR count). The van der Waals surface area contributed by atoms with Crippen molar-refractivity contribution in [3.8, 4) is 0 Å². The molecule has 0 fully saturated rings. The smallest absolute Gasteiger partial charge is 0.442 e. The average molecular weight is 362 g/mol. The molecule has 0 aromatic rings. The summed E-state index contributed by atoms with van der Waals surface area (Å²) in [5.74, 6) is 0. The number of methoxy groups -OCH3 is 1. The van der Waals surface area contributed by atoms with E-state index in [0.717, 1.165) is 13.0 Å². The second kappa shape index (κ2) is 11.3. The lowest BCUT2D eigenvalue weighted by Crippen LogP contribution is -2.43. The summed E-state index contributed by atoms with van der Waals surface area (Å²) in [6.45, 7) is 12.7. The van der Waals surface area contributed by atoms with Crippen LogP contribution in [0.25, 0.3) is 0 Å². The van der Waals surface area contributed by atoms with E-state index >= 15 is 0 Å². The second-order valence-corrected chi connectivity index (χ2v) is 7.54. The number of nitrogens with zero attached hydrogens (tertiary/aromatic N) is 1. The van der Waals surface area contributed by atoms with Crippen molar-refractivity contribution in [3.63, 3.8) is 0 Å². The van der Waals surface area contributed by atoms with E-state index in [2.05, 4.69) is 5.32 Å². The Balaban J connectivity index is 4.45. The van der Waals surface area contributed by atoms with Crippen molar-refractivity contribution in [1.29, 1.82) is 0 Å². The standard InChI is InChI=1S/C17H34N2O6/c1-16(2,3)24-14(20)19(15(21)25-17(4,5)6)23-13-9-11-18-10-8-12-22-7/h18H,8-13H2,1-7H3. The van der Waals surface area contributed by atoms with Crippen LogP contribution in [0.4, 0.5) is 9.59 Å². The van der Waals surface area contributed by atoms with E-state index in [1.165, 1.54) is 0 Å². The number of carbonyl (C=O) groups excluding carboxylic acids is 2. The first-order chi connectivity index (χ1) is 11.5. The molecule has 0 saturated heterocycles. The van der Waals surface area contributed by atoms with Crippen molar-refractivity contribution in [3.05, 3.63) is 0 Å². The van der Waals surface area contributed by atoms with Crippen LogP contribution in [-0.4, -0.2) is 61.9 Å². The Hall–Kier alpha value is -1.38. The summed E-state index contributed by atoms with van der Waals surface area (Å²) in [7, 11) is 1.66. The van der Waals surface area contributed by atoms with Gasteiger partial charge in [-0.05, 0) is 67.5 Å². The lowest BCUT2D eigenvalue weighted by atomic mass is 10.2.